The number of carboxylic acids is 1. The average Bonchev–Trinajstić information content (AvgIpc) is 2.30. The molecule has 1 unspecified atom stereocenters. The van der Waals surface area contributed by atoms with Gasteiger partial charge in [-0.25, -0.2) is 0 Å². The molecular formula is C12H18N2O2. The number of nitrogens with one attached hydrogen (secondary N) is 1. The fourth-order valence-electron chi connectivity index (χ4n) is 1.61. The molecule has 0 amide bonds. The van der Waals surface area contributed by atoms with Crippen molar-refractivity contribution in [2.45, 2.75) is 26.2 Å². The van der Waals surface area contributed by atoms with Gasteiger partial charge < -0.3 is 10.5 Å². The molecule has 1 rings (SSSR count). The van der Waals surface area contributed by atoms with Gasteiger partial charge in [-0.1, -0.05) is 19.1 Å². The Bertz CT molecular complexity index is 335. The van der Waals surface area contributed by atoms with Gasteiger partial charge in [0, 0.05) is 5.69 Å². The van der Waals surface area contributed by atoms with E-state index in [0.717, 1.165) is 17.7 Å². The van der Waals surface area contributed by atoms with E-state index in [4.69, 9.17) is 10.9 Å². The van der Waals surface area contributed by atoms with E-state index < -0.39 is 5.97 Å². The van der Waals surface area contributed by atoms with E-state index in [-0.39, 0.29) is 5.92 Å². The first kappa shape index (κ1) is 12.5. The van der Waals surface area contributed by atoms with Crippen LogP contribution in [-0.2, 0) is 11.2 Å². The first-order valence-electron chi connectivity index (χ1n) is 5.45. The number of aryl methyl sites for hydroxylation is 1. The lowest BCUT2D eigenvalue weighted by molar-refractivity contribution is -0.142. The Morgan fingerprint density at radius 1 is 1.44 bits per heavy atom. The molecule has 0 aliphatic rings. The molecule has 88 valence electrons. The van der Waals surface area contributed by atoms with E-state index in [9.17, 15) is 4.79 Å². The summed E-state index contributed by atoms with van der Waals surface area (Å²) in [4.78, 5) is 10.8. The lowest BCUT2D eigenvalue weighted by Gasteiger charge is -2.09. The molecule has 16 heavy (non-hydrogen) atoms. The second-order valence-electron chi connectivity index (χ2n) is 3.82. The maximum Gasteiger partial charge on any atom is 0.306 e. The van der Waals surface area contributed by atoms with Crippen molar-refractivity contribution in [1.29, 1.82) is 0 Å². The number of nitrogens with two attached hydrogens (primary N) is 1. The molecule has 0 aliphatic heterocycles. The molecule has 1 aromatic carbocycles. The Balaban J connectivity index is 2.50. The molecule has 4 heteroatoms. The predicted octanol–water partition coefficient (Wildman–Crippen LogP) is 2.02. The normalized spacial score (nSPS) is 12.1. The maximum absolute atomic E-state index is 10.8. The van der Waals surface area contributed by atoms with Crippen LogP contribution in [0.1, 0.15) is 25.3 Å². The highest BCUT2D eigenvalue weighted by atomic mass is 16.4. The summed E-state index contributed by atoms with van der Waals surface area (Å²) in [6, 6.07) is 7.70. The molecule has 0 spiro atoms. The minimum Gasteiger partial charge on any atom is -0.481 e. The highest BCUT2D eigenvalue weighted by Crippen LogP contribution is 2.15. The monoisotopic (exact) mass is 222 g/mol. The molecule has 1 aromatic rings. The summed E-state index contributed by atoms with van der Waals surface area (Å²) in [6.45, 7) is 1.90. The first-order chi connectivity index (χ1) is 7.67. The van der Waals surface area contributed by atoms with Gasteiger partial charge in [0.2, 0.25) is 0 Å². The van der Waals surface area contributed by atoms with Crippen molar-refractivity contribution in [3.05, 3.63) is 29.8 Å². The molecule has 0 radical (unpaired) electrons. The summed E-state index contributed by atoms with van der Waals surface area (Å²) in [7, 11) is 0. The number of aliphatic carboxylic acids is 1. The van der Waals surface area contributed by atoms with Gasteiger partial charge in [-0.3, -0.25) is 10.6 Å². The molecule has 0 aromatic heterocycles. The molecule has 0 saturated carbocycles. The fraction of sp³-hybridized carbons (Fsp3) is 0.417. The van der Waals surface area contributed by atoms with Crippen LogP contribution in [0.15, 0.2) is 24.3 Å². The highest BCUT2D eigenvalue weighted by Gasteiger charge is 2.14. The molecule has 0 bridgehead atoms. The minimum absolute atomic E-state index is 0.243. The van der Waals surface area contributed by atoms with Gasteiger partial charge in [0.1, 0.15) is 0 Å². The Kier molecular flexibility index (Phi) is 4.79. The smallest absolute Gasteiger partial charge is 0.306 e. The van der Waals surface area contributed by atoms with E-state index in [2.05, 4.69) is 5.43 Å². The SMILES string of the molecule is CCC(CCc1ccc(NN)cc1)C(=O)O. The van der Waals surface area contributed by atoms with E-state index in [1.54, 1.807) is 0 Å². The minimum atomic E-state index is -0.706. The fourth-order valence-corrected chi connectivity index (χ4v) is 1.61. The molecule has 0 fully saturated rings. The van der Waals surface area contributed by atoms with Crippen molar-refractivity contribution in [1.82, 2.24) is 0 Å². The molecule has 0 saturated heterocycles. The Labute approximate surface area is 95.4 Å². The van der Waals surface area contributed by atoms with E-state index in [1.807, 2.05) is 31.2 Å². The van der Waals surface area contributed by atoms with Crippen LogP contribution in [0, 0.1) is 5.92 Å². The van der Waals surface area contributed by atoms with Crippen LogP contribution in [-0.4, -0.2) is 11.1 Å². The molecule has 1 atom stereocenters. The first-order valence-corrected chi connectivity index (χ1v) is 5.45. The Morgan fingerprint density at radius 2 is 2.06 bits per heavy atom. The zero-order chi connectivity index (χ0) is 12.0. The van der Waals surface area contributed by atoms with Crippen LogP contribution < -0.4 is 11.3 Å². The Hall–Kier alpha value is -1.55. The third kappa shape index (κ3) is 3.55. The Morgan fingerprint density at radius 3 is 2.50 bits per heavy atom. The topological polar surface area (TPSA) is 75.3 Å². The summed E-state index contributed by atoms with van der Waals surface area (Å²) in [5, 5.41) is 8.91. The summed E-state index contributed by atoms with van der Waals surface area (Å²) >= 11 is 0. The van der Waals surface area contributed by atoms with Crippen LogP contribution in [0.5, 0.6) is 0 Å². The third-order valence-electron chi connectivity index (χ3n) is 2.74. The van der Waals surface area contributed by atoms with Crippen molar-refractivity contribution in [3.63, 3.8) is 0 Å². The number of hydrogen-bond acceptors (Lipinski definition) is 3. The van der Waals surface area contributed by atoms with Gasteiger partial charge in [-0.2, -0.15) is 0 Å². The number of carbonyl (C=O) groups is 1. The van der Waals surface area contributed by atoms with Gasteiger partial charge >= 0.3 is 5.97 Å². The zero-order valence-corrected chi connectivity index (χ0v) is 9.44. The number of rotatable bonds is 6. The van der Waals surface area contributed by atoms with Crippen LogP contribution in [0.25, 0.3) is 0 Å². The number of nitrogen functional groups attached to an aromatic ring is 1. The summed E-state index contributed by atoms with van der Waals surface area (Å²) in [5.41, 5.74) is 4.55. The van der Waals surface area contributed by atoms with E-state index in [1.165, 1.54) is 0 Å². The largest absolute Gasteiger partial charge is 0.481 e. The number of hydrogen-bond donors (Lipinski definition) is 3. The summed E-state index contributed by atoms with van der Waals surface area (Å²) < 4.78 is 0. The zero-order valence-electron chi connectivity index (χ0n) is 9.44. The molecule has 4 nitrogen and oxygen atoms in total. The van der Waals surface area contributed by atoms with Gasteiger partial charge in [-0.05, 0) is 37.0 Å². The molecular weight excluding hydrogens is 204 g/mol. The van der Waals surface area contributed by atoms with Crippen molar-refractivity contribution < 1.29 is 9.90 Å². The van der Waals surface area contributed by atoms with Crippen LogP contribution in [0.4, 0.5) is 5.69 Å². The van der Waals surface area contributed by atoms with Crippen molar-refractivity contribution >= 4 is 11.7 Å². The maximum atomic E-state index is 10.8. The number of hydrazine groups is 1. The lowest BCUT2D eigenvalue weighted by Crippen LogP contribution is -2.13. The summed E-state index contributed by atoms with van der Waals surface area (Å²) in [5.74, 6) is 4.31. The van der Waals surface area contributed by atoms with Crippen LogP contribution >= 0.6 is 0 Å². The molecule has 0 aliphatic carbocycles. The van der Waals surface area contributed by atoms with Crippen LogP contribution in [0.2, 0.25) is 0 Å². The van der Waals surface area contributed by atoms with Crippen molar-refractivity contribution in [3.8, 4) is 0 Å². The molecule has 4 N–H and O–H groups in total. The summed E-state index contributed by atoms with van der Waals surface area (Å²) in [6.07, 6.45) is 2.15. The quantitative estimate of drug-likeness (QED) is 0.508. The van der Waals surface area contributed by atoms with Crippen molar-refractivity contribution in [2.24, 2.45) is 11.8 Å². The van der Waals surface area contributed by atoms with E-state index >= 15 is 0 Å². The van der Waals surface area contributed by atoms with Gasteiger partial charge in [0.25, 0.3) is 0 Å². The average molecular weight is 222 g/mol. The van der Waals surface area contributed by atoms with Crippen molar-refractivity contribution in [2.75, 3.05) is 5.43 Å². The highest BCUT2D eigenvalue weighted by molar-refractivity contribution is 5.69. The molecule has 0 heterocycles. The van der Waals surface area contributed by atoms with Gasteiger partial charge in [0.15, 0.2) is 0 Å². The van der Waals surface area contributed by atoms with Gasteiger partial charge in [-0.15, -0.1) is 0 Å². The predicted molar refractivity (Wildman–Crippen MR) is 64.0 cm³/mol. The van der Waals surface area contributed by atoms with E-state index in [0.29, 0.717) is 12.8 Å². The second kappa shape index (κ2) is 6.12. The third-order valence-corrected chi connectivity index (χ3v) is 2.74. The number of anilines is 1. The second-order valence-corrected chi connectivity index (χ2v) is 3.82. The van der Waals surface area contributed by atoms with Gasteiger partial charge in [0.05, 0.1) is 5.92 Å². The lowest BCUT2D eigenvalue weighted by atomic mass is 9.97. The standard InChI is InChI=1S/C12H18N2O2/c1-2-10(12(15)16)6-3-9-4-7-11(14-13)8-5-9/h4-5,7-8,10,14H,2-3,6,13H2,1H3,(H,15,16). The van der Waals surface area contributed by atoms with Crippen LogP contribution in [0.3, 0.4) is 0 Å². The number of carboxylic acid groups (broad SMARTS) is 1. The number of benzene rings is 1.